The van der Waals surface area contributed by atoms with E-state index in [0.717, 1.165) is 18.4 Å². The SMILES string of the molecule is C[C@]12CCCC[C@H]1[C@H]2C(=O)NN=Cc1ccc(F)cc1. The van der Waals surface area contributed by atoms with Gasteiger partial charge in [-0.25, -0.2) is 9.82 Å². The van der Waals surface area contributed by atoms with Gasteiger partial charge in [0.2, 0.25) is 5.91 Å². The van der Waals surface area contributed by atoms with E-state index >= 15 is 0 Å². The molecule has 0 aliphatic heterocycles. The first-order valence-electron chi connectivity index (χ1n) is 7.20. The second-order valence-electron chi connectivity index (χ2n) is 6.12. The monoisotopic (exact) mass is 274 g/mol. The zero-order valence-electron chi connectivity index (χ0n) is 11.6. The van der Waals surface area contributed by atoms with Gasteiger partial charge in [0.25, 0.3) is 0 Å². The van der Waals surface area contributed by atoms with Crippen molar-refractivity contribution in [3.05, 3.63) is 35.6 Å². The van der Waals surface area contributed by atoms with E-state index in [1.54, 1.807) is 18.3 Å². The molecule has 106 valence electrons. The molecule has 1 amide bonds. The Morgan fingerprint density at radius 2 is 2.15 bits per heavy atom. The molecular formula is C16H19FN2O. The summed E-state index contributed by atoms with van der Waals surface area (Å²) in [4.78, 5) is 12.1. The Balaban J connectivity index is 1.56. The minimum atomic E-state index is -0.277. The summed E-state index contributed by atoms with van der Waals surface area (Å²) in [5.41, 5.74) is 3.60. The summed E-state index contributed by atoms with van der Waals surface area (Å²) in [6.07, 6.45) is 6.33. The number of fused-ring (bicyclic) bond motifs is 1. The molecule has 3 nitrogen and oxygen atoms in total. The maximum absolute atomic E-state index is 12.7. The van der Waals surface area contributed by atoms with Crippen LogP contribution in [-0.2, 0) is 4.79 Å². The number of carbonyl (C=O) groups is 1. The second-order valence-corrected chi connectivity index (χ2v) is 6.12. The van der Waals surface area contributed by atoms with Crippen molar-refractivity contribution in [3.8, 4) is 0 Å². The fraction of sp³-hybridized carbons (Fsp3) is 0.500. The summed E-state index contributed by atoms with van der Waals surface area (Å²) in [7, 11) is 0. The van der Waals surface area contributed by atoms with Crippen molar-refractivity contribution in [1.82, 2.24) is 5.43 Å². The number of amides is 1. The molecule has 3 rings (SSSR count). The Morgan fingerprint density at radius 1 is 1.40 bits per heavy atom. The summed E-state index contributed by atoms with van der Waals surface area (Å²) >= 11 is 0. The highest BCUT2D eigenvalue weighted by Gasteiger charge is 2.64. The van der Waals surface area contributed by atoms with Crippen LogP contribution in [0.2, 0.25) is 0 Å². The number of carbonyl (C=O) groups excluding carboxylic acids is 1. The maximum Gasteiger partial charge on any atom is 0.244 e. The maximum atomic E-state index is 12.7. The van der Waals surface area contributed by atoms with Gasteiger partial charge >= 0.3 is 0 Å². The molecular weight excluding hydrogens is 255 g/mol. The van der Waals surface area contributed by atoms with Gasteiger partial charge in [-0.2, -0.15) is 5.10 Å². The van der Waals surface area contributed by atoms with Gasteiger partial charge in [-0.1, -0.05) is 31.9 Å². The fourth-order valence-corrected chi connectivity index (χ4v) is 3.64. The van der Waals surface area contributed by atoms with E-state index in [1.165, 1.54) is 25.0 Å². The quantitative estimate of drug-likeness (QED) is 0.668. The van der Waals surface area contributed by atoms with Gasteiger partial charge in [0, 0.05) is 5.92 Å². The molecule has 3 atom stereocenters. The van der Waals surface area contributed by atoms with Crippen LogP contribution in [0, 0.1) is 23.1 Å². The molecule has 2 aliphatic rings. The lowest BCUT2D eigenvalue weighted by Crippen LogP contribution is -2.22. The third-order valence-electron chi connectivity index (χ3n) is 4.87. The first kappa shape index (κ1) is 13.3. The van der Waals surface area contributed by atoms with Crippen molar-refractivity contribution in [1.29, 1.82) is 0 Å². The lowest BCUT2D eigenvalue weighted by atomic mass is 9.90. The van der Waals surface area contributed by atoms with Gasteiger partial charge in [0.15, 0.2) is 0 Å². The Labute approximate surface area is 118 Å². The molecule has 20 heavy (non-hydrogen) atoms. The molecule has 1 aromatic rings. The molecule has 2 fully saturated rings. The summed E-state index contributed by atoms with van der Waals surface area (Å²) in [6.45, 7) is 2.21. The van der Waals surface area contributed by atoms with Crippen LogP contribution in [-0.4, -0.2) is 12.1 Å². The Kier molecular flexibility index (Phi) is 3.32. The van der Waals surface area contributed by atoms with Crippen LogP contribution in [0.5, 0.6) is 0 Å². The highest BCUT2D eigenvalue weighted by Crippen LogP contribution is 2.66. The molecule has 2 aliphatic carbocycles. The number of halogens is 1. The summed E-state index contributed by atoms with van der Waals surface area (Å²) in [5, 5.41) is 3.97. The van der Waals surface area contributed by atoms with Crippen molar-refractivity contribution in [2.24, 2.45) is 22.4 Å². The van der Waals surface area contributed by atoms with Gasteiger partial charge in [-0.3, -0.25) is 4.79 Å². The predicted molar refractivity (Wildman–Crippen MR) is 75.7 cm³/mol. The van der Waals surface area contributed by atoms with E-state index in [9.17, 15) is 9.18 Å². The van der Waals surface area contributed by atoms with E-state index < -0.39 is 0 Å². The van der Waals surface area contributed by atoms with E-state index in [4.69, 9.17) is 0 Å². The van der Waals surface area contributed by atoms with Gasteiger partial charge in [0.1, 0.15) is 5.82 Å². The molecule has 0 saturated heterocycles. The Bertz CT molecular complexity index is 540. The van der Waals surface area contributed by atoms with Crippen molar-refractivity contribution in [2.45, 2.75) is 32.6 Å². The van der Waals surface area contributed by atoms with Gasteiger partial charge in [-0.05, 0) is 41.9 Å². The minimum Gasteiger partial charge on any atom is -0.273 e. The molecule has 1 N–H and O–H groups in total. The van der Waals surface area contributed by atoms with E-state index in [-0.39, 0.29) is 23.1 Å². The van der Waals surface area contributed by atoms with Crippen molar-refractivity contribution in [2.75, 3.05) is 0 Å². The summed E-state index contributed by atoms with van der Waals surface area (Å²) < 4.78 is 12.7. The van der Waals surface area contributed by atoms with Crippen LogP contribution in [0.25, 0.3) is 0 Å². The largest absolute Gasteiger partial charge is 0.273 e. The van der Waals surface area contributed by atoms with E-state index in [2.05, 4.69) is 17.5 Å². The third kappa shape index (κ3) is 2.35. The smallest absolute Gasteiger partial charge is 0.244 e. The zero-order chi connectivity index (χ0) is 14.2. The number of hydrogen-bond donors (Lipinski definition) is 1. The fourth-order valence-electron chi connectivity index (χ4n) is 3.64. The van der Waals surface area contributed by atoms with Crippen molar-refractivity contribution >= 4 is 12.1 Å². The average Bonchev–Trinajstić information content (AvgIpc) is 3.06. The Hall–Kier alpha value is -1.71. The normalized spacial score (nSPS) is 31.9. The molecule has 0 unspecified atom stereocenters. The van der Waals surface area contributed by atoms with Gasteiger partial charge in [-0.15, -0.1) is 0 Å². The standard InChI is InChI=1S/C16H19FN2O/c1-16-9-3-2-4-13(16)14(16)15(20)19-18-10-11-5-7-12(17)8-6-11/h5-8,10,13-14H,2-4,9H2,1H3,(H,19,20)/t13-,14-,16-/m0/s1. The second kappa shape index (κ2) is 5.00. The zero-order valence-corrected chi connectivity index (χ0v) is 11.6. The molecule has 2 saturated carbocycles. The molecule has 0 bridgehead atoms. The van der Waals surface area contributed by atoms with Crippen LogP contribution >= 0.6 is 0 Å². The van der Waals surface area contributed by atoms with E-state index in [0.29, 0.717) is 5.92 Å². The van der Waals surface area contributed by atoms with Gasteiger partial charge in [0.05, 0.1) is 6.21 Å². The third-order valence-corrected chi connectivity index (χ3v) is 4.87. The minimum absolute atomic E-state index is 0.0257. The van der Waals surface area contributed by atoms with Crippen LogP contribution in [0.1, 0.15) is 38.2 Å². The van der Waals surface area contributed by atoms with Gasteiger partial charge < -0.3 is 0 Å². The average molecular weight is 274 g/mol. The number of hydrogen-bond acceptors (Lipinski definition) is 2. The van der Waals surface area contributed by atoms with E-state index in [1.807, 2.05) is 0 Å². The highest BCUT2D eigenvalue weighted by molar-refractivity contribution is 5.85. The van der Waals surface area contributed by atoms with Crippen molar-refractivity contribution < 1.29 is 9.18 Å². The van der Waals surface area contributed by atoms with Crippen LogP contribution < -0.4 is 5.43 Å². The first-order chi connectivity index (χ1) is 9.61. The first-order valence-corrected chi connectivity index (χ1v) is 7.20. The summed E-state index contributed by atoms with van der Waals surface area (Å²) in [5.74, 6) is 0.409. The molecule has 0 heterocycles. The number of nitrogens with one attached hydrogen (secondary N) is 1. The predicted octanol–water partition coefficient (Wildman–Crippen LogP) is 3.10. The topological polar surface area (TPSA) is 41.5 Å². The number of benzene rings is 1. The van der Waals surface area contributed by atoms with Crippen molar-refractivity contribution in [3.63, 3.8) is 0 Å². The molecule has 1 aromatic carbocycles. The Morgan fingerprint density at radius 3 is 2.80 bits per heavy atom. The van der Waals surface area contributed by atoms with Crippen LogP contribution in [0.15, 0.2) is 29.4 Å². The molecule has 0 spiro atoms. The summed E-state index contributed by atoms with van der Waals surface area (Å²) in [6, 6.07) is 6.01. The number of hydrazone groups is 1. The lowest BCUT2D eigenvalue weighted by molar-refractivity contribution is -0.123. The highest BCUT2D eigenvalue weighted by atomic mass is 19.1. The van der Waals surface area contributed by atoms with Crippen LogP contribution in [0.3, 0.4) is 0 Å². The molecule has 0 aromatic heterocycles. The van der Waals surface area contributed by atoms with Crippen LogP contribution in [0.4, 0.5) is 4.39 Å². The molecule has 4 heteroatoms. The number of rotatable bonds is 3. The lowest BCUT2D eigenvalue weighted by Gasteiger charge is -2.15. The number of nitrogens with zero attached hydrogens (tertiary/aromatic N) is 1. The molecule has 0 radical (unpaired) electrons.